The van der Waals surface area contributed by atoms with Gasteiger partial charge in [-0.2, -0.15) is 5.26 Å². The van der Waals surface area contributed by atoms with E-state index in [4.69, 9.17) is 5.26 Å². The van der Waals surface area contributed by atoms with Crippen LogP contribution in [-0.4, -0.2) is 9.65 Å². The summed E-state index contributed by atoms with van der Waals surface area (Å²) in [5.41, 5.74) is 0. The SMILES string of the molecule is CCCC(Br)(C#N)CBr. The van der Waals surface area contributed by atoms with Crippen molar-refractivity contribution in [2.75, 3.05) is 5.33 Å². The van der Waals surface area contributed by atoms with Crippen LogP contribution in [0.3, 0.4) is 0 Å². The molecule has 0 spiro atoms. The van der Waals surface area contributed by atoms with Crippen LogP contribution in [0.1, 0.15) is 19.8 Å². The van der Waals surface area contributed by atoms with Crippen LogP contribution in [0.5, 0.6) is 0 Å². The zero-order valence-electron chi connectivity index (χ0n) is 5.32. The molecule has 0 saturated carbocycles. The Morgan fingerprint density at radius 1 is 1.67 bits per heavy atom. The van der Waals surface area contributed by atoms with Crippen molar-refractivity contribution >= 4 is 31.9 Å². The predicted octanol–water partition coefficient (Wildman–Crippen LogP) is 2.84. The van der Waals surface area contributed by atoms with Gasteiger partial charge in [0.2, 0.25) is 0 Å². The molecule has 0 aromatic heterocycles. The average molecular weight is 255 g/mol. The first-order valence-electron chi connectivity index (χ1n) is 2.84. The number of nitriles is 1. The van der Waals surface area contributed by atoms with Gasteiger partial charge in [0.25, 0.3) is 0 Å². The minimum Gasteiger partial charge on any atom is -0.197 e. The quantitative estimate of drug-likeness (QED) is 0.711. The van der Waals surface area contributed by atoms with Crippen molar-refractivity contribution < 1.29 is 0 Å². The lowest BCUT2D eigenvalue weighted by Gasteiger charge is -2.13. The molecule has 0 heterocycles. The number of halogens is 2. The number of hydrogen-bond acceptors (Lipinski definition) is 1. The van der Waals surface area contributed by atoms with E-state index in [2.05, 4.69) is 44.9 Å². The number of rotatable bonds is 3. The van der Waals surface area contributed by atoms with Gasteiger partial charge in [-0.25, -0.2) is 0 Å². The van der Waals surface area contributed by atoms with Crippen LogP contribution < -0.4 is 0 Å². The Labute approximate surface area is 72.7 Å². The summed E-state index contributed by atoms with van der Waals surface area (Å²) >= 11 is 6.60. The highest BCUT2D eigenvalue weighted by atomic mass is 79.9. The fourth-order valence-corrected chi connectivity index (χ4v) is 1.35. The normalized spacial score (nSPS) is 16.2. The Morgan fingerprint density at radius 3 is 2.33 bits per heavy atom. The number of alkyl halides is 2. The van der Waals surface area contributed by atoms with Crippen molar-refractivity contribution in [2.45, 2.75) is 24.1 Å². The van der Waals surface area contributed by atoms with E-state index >= 15 is 0 Å². The summed E-state index contributed by atoms with van der Waals surface area (Å²) in [5.74, 6) is 0. The Bertz CT molecular complexity index is 119. The van der Waals surface area contributed by atoms with Gasteiger partial charge in [-0.05, 0) is 6.42 Å². The molecule has 0 aliphatic heterocycles. The summed E-state index contributed by atoms with van der Waals surface area (Å²) in [6.45, 7) is 2.07. The Hall–Kier alpha value is 0.450. The lowest BCUT2D eigenvalue weighted by Crippen LogP contribution is -2.18. The first kappa shape index (κ1) is 9.45. The van der Waals surface area contributed by atoms with Crippen molar-refractivity contribution in [1.82, 2.24) is 0 Å². The van der Waals surface area contributed by atoms with Crippen molar-refractivity contribution in [3.05, 3.63) is 0 Å². The van der Waals surface area contributed by atoms with E-state index in [0.29, 0.717) is 5.33 Å². The van der Waals surface area contributed by atoms with E-state index in [9.17, 15) is 0 Å². The Kier molecular flexibility index (Phi) is 4.51. The van der Waals surface area contributed by atoms with Gasteiger partial charge in [-0.3, -0.25) is 0 Å². The first-order valence-corrected chi connectivity index (χ1v) is 4.76. The second kappa shape index (κ2) is 4.29. The molecular weight excluding hydrogens is 246 g/mol. The minimum absolute atomic E-state index is 0.332. The molecule has 0 fully saturated rings. The molecule has 3 heteroatoms. The average Bonchev–Trinajstić information content (AvgIpc) is 1.89. The highest BCUT2D eigenvalue weighted by molar-refractivity contribution is 9.12. The van der Waals surface area contributed by atoms with Crippen LogP contribution in [0, 0.1) is 11.3 Å². The minimum atomic E-state index is -0.332. The maximum absolute atomic E-state index is 8.59. The van der Waals surface area contributed by atoms with E-state index in [1.807, 2.05) is 0 Å². The van der Waals surface area contributed by atoms with Gasteiger partial charge in [-0.1, -0.05) is 45.2 Å². The van der Waals surface area contributed by atoms with E-state index < -0.39 is 0 Å². The molecule has 1 nitrogen and oxygen atoms in total. The van der Waals surface area contributed by atoms with Crippen LogP contribution in [0.4, 0.5) is 0 Å². The fourth-order valence-electron chi connectivity index (χ4n) is 0.549. The summed E-state index contributed by atoms with van der Waals surface area (Å²) < 4.78 is -0.332. The highest BCUT2D eigenvalue weighted by Gasteiger charge is 2.22. The molecule has 0 rings (SSSR count). The van der Waals surface area contributed by atoms with Crippen molar-refractivity contribution in [2.24, 2.45) is 0 Å². The molecule has 0 aliphatic rings. The van der Waals surface area contributed by atoms with E-state index in [1.54, 1.807) is 0 Å². The molecule has 1 unspecified atom stereocenters. The molecule has 52 valence electrons. The van der Waals surface area contributed by atoms with Crippen LogP contribution in [0.25, 0.3) is 0 Å². The lowest BCUT2D eigenvalue weighted by molar-refractivity contribution is 0.714. The van der Waals surface area contributed by atoms with Crippen LogP contribution >= 0.6 is 31.9 Å². The Balaban J connectivity index is 3.81. The zero-order chi connectivity index (χ0) is 7.33. The third-order valence-electron chi connectivity index (χ3n) is 1.06. The highest BCUT2D eigenvalue weighted by Crippen LogP contribution is 2.25. The van der Waals surface area contributed by atoms with Gasteiger partial charge < -0.3 is 0 Å². The van der Waals surface area contributed by atoms with Gasteiger partial charge in [0, 0.05) is 5.33 Å². The van der Waals surface area contributed by atoms with Gasteiger partial charge >= 0.3 is 0 Å². The van der Waals surface area contributed by atoms with E-state index in [1.165, 1.54) is 0 Å². The molecule has 0 aromatic carbocycles. The third kappa shape index (κ3) is 3.22. The molecule has 0 radical (unpaired) electrons. The maximum atomic E-state index is 8.59. The number of hydrogen-bond donors (Lipinski definition) is 0. The first-order chi connectivity index (χ1) is 4.18. The van der Waals surface area contributed by atoms with Gasteiger partial charge in [-0.15, -0.1) is 0 Å². The monoisotopic (exact) mass is 253 g/mol. The third-order valence-corrected chi connectivity index (χ3v) is 3.62. The van der Waals surface area contributed by atoms with Crippen molar-refractivity contribution in [3.8, 4) is 6.07 Å². The molecule has 0 saturated heterocycles. The van der Waals surface area contributed by atoms with Gasteiger partial charge in [0.05, 0.1) is 6.07 Å². The summed E-state index contributed by atoms with van der Waals surface area (Å²) in [4.78, 5) is 0. The van der Waals surface area contributed by atoms with E-state index in [0.717, 1.165) is 12.8 Å². The molecule has 0 bridgehead atoms. The second-order valence-corrected chi connectivity index (χ2v) is 4.04. The van der Waals surface area contributed by atoms with Gasteiger partial charge in [0.15, 0.2) is 0 Å². The predicted molar refractivity (Wildman–Crippen MR) is 46.0 cm³/mol. The van der Waals surface area contributed by atoms with Crippen LogP contribution in [0.2, 0.25) is 0 Å². The van der Waals surface area contributed by atoms with Crippen LogP contribution in [0.15, 0.2) is 0 Å². The molecular formula is C6H9Br2N. The standard InChI is InChI=1S/C6H9Br2N/c1-2-3-6(8,4-7)5-9/h2-4H2,1H3. The summed E-state index contributed by atoms with van der Waals surface area (Å²) in [5, 5.41) is 9.29. The molecule has 1 atom stereocenters. The van der Waals surface area contributed by atoms with Gasteiger partial charge in [0.1, 0.15) is 4.32 Å². The smallest absolute Gasteiger partial charge is 0.122 e. The second-order valence-electron chi connectivity index (χ2n) is 1.96. The van der Waals surface area contributed by atoms with Crippen molar-refractivity contribution in [1.29, 1.82) is 5.26 Å². The number of nitrogens with zero attached hydrogens (tertiary/aromatic N) is 1. The molecule has 9 heavy (non-hydrogen) atoms. The summed E-state index contributed by atoms with van der Waals surface area (Å²) in [7, 11) is 0. The summed E-state index contributed by atoms with van der Waals surface area (Å²) in [6, 6.07) is 2.20. The fraction of sp³-hybridized carbons (Fsp3) is 0.833. The Morgan fingerprint density at radius 2 is 2.22 bits per heavy atom. The van der Waals surface area contributed by atoms with Crippen LogP contribution in [-0.2, 0) is 0 Å². The topological polar surface area (TPSA) is 23.8 Å². The largest absolute Gasteiger partial charge is 0.197 e. The molecule has 0 aromatic rings. The summed E-state index contributed by atoms with van der Waals surface area (Å²) in [6.07, 6.45) is 1.93. The van der Waals surface area contributed by atoms with E-state index in [-0.39, 0.29) is 4.32 Å². The maximum Gasteiger partial charge on any atom is 0.122 e. The lowest BCUT2D eigenvalue weighted by atomic mass is 10.1. The van der Waals surface area contributed by atoms with Crippen molar-refractivity contribution in [3.63, 3.8) is 0 Å². The molecule has 0 N–H and O–H groups in total. The molecule has 0 aliphatic carbocycles. The molecule has 0 amide bonds. The zero-order valence-corrected chi connectivity index (χ0v) is 8.50.